The van der Waals surface area contributed by atoms with Crippen molar-refractivity contribution in [2.45, 2.75) is 246 Å². The van der Waals surface area contributed by atoms with Gasteiger partial charge in [0, 0.05) is 94.7 Å². The SMILES string of the molecule is CC.CC.CC.CC.CC.CC.CC.CC.CC.CC.CC.CC.CC.CC.CC.CC.c1ccc2c(c1)-c1[nH]ccc1C1c3cccn3-c3ccccc3N21.c1ccc2c(c1)-c1c[nH]cc1C1c3cccn3-c3ccccc3N21.c1ccc2c(c1)-c1cc[nH]c1C1c3cccn3-c3ccccc3N21.c1ccc2c(c1)N1c3ccccc3-n3cccc3C1c1cccn1-2. The van der Waals surface area contributed by atoms with E-state index in [0.717, 1.165) is 0 Å². The summed E-state index contributed by atoms with van der Waals surface area (Å²) in [7, 11) is 0. The van der Waals surface area contributed by atoms with Crippen molar-refractivity contribution in [2.75, 3.05) is 19.6 Å². The lowest BCUT2D eigenvalue weighted by molar-refractivity contribution is 0.672. The number of nitrogens with one attached hydrogen (secondary N) is 3. The summed E-state index contributed by atoms with van der Waals surface area (Å²) in [6, 6.07) is 96.4. The van der Waals surface area contributed by atoms with Crippen LogP contribution in [0.15, 0.2) is 323 Å². The maximum Gasteiger partial charge on any atom is 0.115 e. The average molecular weight is 1720 g/mol. The Morgan fingerprint density at radius 3 is 0.758 bits per heavy atom. The van der Waals surface area contributed by atoms with Crippen LogP contribution in [-0.4, -0.2) is 37.8 Å². The first-order valence-corrected chi connectivity index (χ1v) is 49.0. The number of hydrogen-bond acceptors (Lipinski definition) is 4. The Morgan fingerprint density at radius 1 is 0.180 bits per heavy atom. The second-order valence-corrected chi connectivity index (χ2v) is 25.5. The number of rotatable bonds is 0. The van der Waals surface area contributed by atoms with Crippen molar-refractivity contribution in [3.05, 3.63) is 368 Å². The van der Waals surface area contributed by atoms with Crippen molar-refractivity contribution < 1.29 is 0 Å². The fraction of sp³-hybridized carbons (Fsp3) is 0.310. The maximum absolute atomic E-state index is 3.50. The van der Waals surface area contributed by atoms with Gasteiger partial charge in [-0.1, -0.05) is 337 Å². The predicted molar refractivity (Wildman–Crippen MR) is 565 cm³/mol. The van der Waals surface area contributed by atoms with Crippen LogP contribution in [0.4, 0.5) is 45.5 Å². The Balaban J connectivity index is 0.000000273. The molecule has 128 heavy (non-hydrogen) atoms. The van der Waals surface area contributed by atoms with E-state index in [1.165, 1.54) is 153 Å². The third kappa shape index (κ3) is 20.0. The molecule has 0 aliphatic carbocycles. The lowest BCUT2D eigenvalue weighted by Crippen LogP contribution is -2.36. The molecule has 8 aromatic carbocycles. The van der Waals surface area contributed by atoms with E-state index in [0.29, 0.717) is 0 Å². The van der Waals surface area contributed by atoms with Crippen LogP contribution in [0.25, 0.3) is 61.9 Å². The molecule has 8 aliphatic rings. The summed E-state index contributed by atoms with van der Waals surface area (Å²) >= 11 is 0. The van der Waals surface area contributed by atoms with E-state index in [2.05, 4.69) is 380 Å². The van der Waals surface area contributed by atoms with Crippen LogP contribution in [0.2, 0.25) is 0 Å². The van der Waals surface area contributed by atoms with Gasteiger partial charge in [0.2, 0.25) is 0 Å². The molecule has 0 fully saturated rings. The van der Waals surface area contributed by atoms with Gasteiger partial charge in [-0.25, -0.2) is 0 Å². The van der Waals surface area contributed by atoms with E-state index in [1.807, 2.05) is 222 Å². The van der Waals surface area contributed by atoms with Crippen LogP contribution in [0.5, 0.6) is 0 Å². The monoisotopic (exact) mass is 1720 g/mol. The zero-order chi connectivity index (χ0) is 94.7. The topological polar surface area (TPSA) is 85.0 Å². The third-order valence-electron chi connectivity index (χ3n) is 20.9. The largest absolute Gasteiger partial charge is 0.367 e. The zero-order valence-electron chi connectivity index (χ0n) is 83.9. The van der Waals surface area contributed by atoms with Gasteiger partial charge in [-0.05, 0) is 152 Å². The Bertz CT molecular complexity index is 4710. The smallest absolute Gasteiger partial charge is 0.115 e. The van der Waals surface area contributed by atoms with E-state index in [9.17, 15) is 0 Å². The minimum Gasteiger partial charge on any atom is -0.367 e. The normalized spacial score (nSPS) is 12.8. The van der Waals surface area contributed by atoms with Crippen LogP contribution in [-0.2, 0) is 0 Å². The summed E-state index contributed by atoms with van der Waals surface area (Å²) in [6.07, 6.45) is 19.2. The van der Waals surface area contributed by atoms with Gasteiger partial charge in [0.05, 0.1) is 114 Å². The van der Waals surface area contributed by atoms with Gasteiger partial charge < -0.3 is 57.4 Å². The molecule has 0 saturated carbocycles. The maximum atomic E-state index is 3.50. The summed E-state index contributed by atoms with van der Waals surface area (Å²) in [5, 5.41) is 0. The number of para-hydroxylation sites is 13. The van der Waals surface area contributed by atoms with Gasteiger partial charge in [0.15, 0.2) is 0 Å². The van der Waals surface area contributed by atoms with Crippen molar-refractivity contribution in [1.82, 2.24) is 37.8 Å². The highest BCUT2D eigenvalue weighted by atomic mass is 15.3. The Morgan fingerprint density at radius 2 is 0.422 bits per heavy atom. The quantitative estimate of drug-likeness (QED) is 0.141. The fourth-order valence-electron chi connectivity index (χ4n) is 17.1. The van der Waals surface area contributed by atoms with E-state index >= 15 is 0 Å². The summed E-state index contributed by atoms with van der Waals surface area (Å²) < 4.78 is 11.6. The van der Waals surface area contributed by atoms with Crippen molar-refractivity contribution in [1.29, 1.82) is 0 Å². The predicted octanol–water partition coefficient (Wildman–Crippen LogP) is 36.3. The van der Waals surface area contributed by atoms with Gasteiger partial charge >= 0.3 is 0 Å². The molecule has 12 heteroatoms. The highest BCUT2D eigenvalue weighted by Crippen LogP contribution is 2.58. The average Bonchev–Trinajstić information content (AvgIpc) is 1.49. The molecule has 8 aliphatic heterocycles. The molecule has 3 unspecified atom stereocenters. The molecule has 16 aromatic rings. The number of hydrogen-bond donors (Lipinski definition) is 3. The summed E-state index contributed by atoms with van der Waals surface area (Å²) in [5.74, 6) is 0. The number of fused-ring (bicyclic) bond motifs is 44. The molecule has 0 radical (unpaired) electrons. The standard InChI is InChI=1S/4C21H15N3.16C2H6/c1-3-9-17-15(7-1)22-13-5-11-19(22)21-20-12-6-14-23(20)16-8-2-4-10-18(16)24(17)21;1-2-7-16-14(6-1)20-15(11-12-22-20)21-19-10-5-13-23(19)17-8-3-4-9-18(17)24(16)21;1-2-7-16-14(6-1)15-11-12-22-20(15)21-19-10-5-13-23(19)17-8-3-4-9-18(17)24(16)21;1-2-7-17-14(6-1)15-12-22-13-16(15)21-20-10-5-11-23(20)18-8-3-4-9-19(18)24(17)21;16*1-2/h1-14,21H;3*1-13,21-22H;16*1-2H3. The van der Waals surface area contributed by atoms with Crippen LogP contribution in [0.1, 0.15) is 291 Å². The van der Waals surface area contributed by atoms with Crippen molar-refractivity contribution in [2.24, 2.45) is 0 Å². The highest BCUT2D eigenvalue weighted by molar-refractivity contribution is 5.95. The van der Waals surface area contributed by atoms with Gasteiger partial charge in [-0.3, -0.25) is 0 Å². The summed E-state index contributed by atoms with van der Waals surface area (Å²) in [4.78, 5) is 20.2. The number of aromatic amines is 3. The first-order chi connectivity index (χ1) is 63.7. The third-order valence-corrected chi connectivity index (χ3v) is 20.9. The Labute approximate surface area is 773 Å². The van der Waals surface area contributed by atoms with Crippen molar-refractivity contribution in [3.8, 4) is 61.9 Å². The van der Waals surface area contributed by atoms with Crippen LogP contribution in [0, 0.1) is 0 Å². The van der Waals surface area contributed by atoms with Crippen LogP contribution >= 0.6 is 0 Å². The molecule has 3 atom stereocenters. The number of H-pyrrole nitrogens is 3. The second kappa shape index (κ2) is 54.9. The lowest BCUT2D eigenvalue weighted by atomic mass is 9.88. The van der Waals surface area contributed by atoms with E-state index in [-0.39, 0.29) is 24.2 Å². The first-order valence-electron chi connectivity index (χ1n) is 49.0. The molecule has 680 valence electrons. The van der Waals surface area contributed by atoms with Crippen molar-refractivity contribution in [3.63, 3.8) is 0 Å². The number of benzene rings is 8. The fourth-order valence-corrected chi connectivity index (χ4v) is 17.1. The van der Waals surface area contributed by atoms with Gasteiger partial charge in [0.1, 0.15) is 24.2 Å². The minimum absolute atomic E-state index is 0.176. The van der Waals surface area contributed by atoms with E-state index < -0.39 is 0 Å². The van der Waals surface area contributed by atoms with Gasteiger partial charge in [-0.15, -0.1) is 0 Å². The molecular formula is C116H156N12. The summed E-state index contributed by atoms with van der Waals surface area (Å²) in [5.41, 5.74) is 34.4. The molecule has 0 saturated heterocycles. The van der Waals surface area contributed by atoms with Gasteiger partial charge in [-0.2, -0.15) is 0 Å². The molecule has 3 N–H and O–H groups in total. The number of aromatic nitrogens is 8. The zero-order valence-corrected chi connectivity index (χ0v) is 83.9. The van der Waals surface area contributed by atoms with Crippen LogP contribution < -0.4 is 19.6 Å². The molecule has 12 nitrogen and oxygen atoms in total. The molecule has 0 bridgehead atoms. The van der Waals surface area contributed by atoms with E-state index in [4.69, 9.17) is 0 Å². The molecule has 0 spiro atoms. The highest BCUT2D eigenvalue weighted by Gasteiger charge is 2.44. The van der Waals surface area contributed by atoms with E-state index in [1.54, 1.807) is 0 Å². The molecule has 24 rings (SSSR count). The summed E-state index contributed by atoms with van der Waals surface area (Å²) in [6.45, 7) is 64.0. The number of anilines is 8. The molecule has 16 heterocycles. The number of nitrogens with zero attached hydrogens (tertiary/aromatic N) is 9. The van der Waals surface area contributed by atoms with Crippen LogP contribution in [0.3, 0.4) is 0 Å². The lowest BCUT2D eigenvalue weighted by Gasteiger charge is -2.44. The molecule has 8 aromatic heterocycles. The van der Waals surface area contributed by atoms with Gasteiger partial charge in [0.25, 0.3) is 0 Å². The second-order valence-electron chi connectivity index (χ2n) is 25.5. The first kappa shape index (κ1) is 106. The van der Waals surface area contributed by atoms with Crippen molar-refractivity contribution >= 4 is 45.5 Å². The molecule has 0 amide bonds. The Hall–Kier alpha value is -12.8. The Kier molecular flexibility index (Phi) is 45.4. The minimum atomic E-state index is 0.176. The molecular weight excluding hydrogens is 1560 g/mol.